The highest BCUT2D eigenvalue weighted by Gasteiger charge is 2.29. The molecule has 1 saturated carbocycles. The van der Waals surface area contributed by atoms with Crippen molar-refractivity contribution in [3.63, 3.8) is 0 Å². The lowest BCUT2D eigenvalue weighted by atomic mass is 9.84. The number of carboxylic acids is 1. The number of carboxylic acid groups (broad SMARTS) is 1. The first kappa shape index (κ1) is 13.4. The van der Waals surface area contributed by atoms with Crippen molar-refractivity contribution in [3.05, 3.63) is 35.7 Å². The molecule has 2 rings (SSSR count). The second-order valence-corrected chi connectivity index (χ2v) is 4.75. The fourth-order valence-corrected chi connectivity index (χ4v) is 2.04. The van der Waals surface area contributed by atoms with Crippen LogP contribution in [0.15, 0.2) is 24.4 Å². The molecule has 100 valence electrons. The number of carbonyl (C=O) groups excluding carboxylic acids is 1. The number of carbonyl (C=O) groups is 2. The largest absolute Gasteiger partial charge is 0.478 e. The summed E-state index contributed by atoms with van der Waals surface area (Å²) in [6, 6.07) is 2.85. The van der Waals surface area contributed by atoms with E-state index >= 15 is 0 Å². The van der Waals surface area contributed by atoms with Gasteiger partial charge in [0.25, 0.3) is 0 Å². The van der Waals surface area contributed by atoms with Gasteiger partial charge in [-0.05, 0) is 31.1 Å². The molecule has 0 spiro atoms. The molecule has 0 saturated heterocycles. The van der Waals surface area contributed by atoms with E-state index in [2.05, 4.69) is 4.98 Å². The molecular formula is C14H15NO4. The van der Waals surface area contributed by atoms with Crippen LogP contribution in [0.3, 0.4) is 0 Å². The summed E-state index contributed by atoms with van der Waals surface area (Å²) in [6.45, 7) is 0. The number of hydrogen-bond donors (Lipinski definition) is 2. The number of nitrogens with zero attached hydrogens (tertiary/aromatic N) is 1. The molecule has 0 bridgehead atoms. The average Bonchev–Trinajstić information content (AvgIpc) is 2.41. The second kappa shape index (κ2) is 5.32. The Morgan fingerprint density at radius 1 is 1.37 bits per heavy atom. The van der Waals surface area contributed by atoms with Crippen molar-refractivity contribution in [1.82, 2.24) is 4.98 Å². The van der Waals surface area contributed by atoms with E-state index in [0.29, 0.717) is 31.4 Å². The van der Waals surface area contributed by atoms with Gasteiger partial charge in [-0.15, -0.1) is 0 Å². The highest BCUT2D eigenvalue weighted by Crippen LogP contribution is 2.27. The molecule has 1 aliphatic rings. The van der Waals surface area contributed by atoms with Gasteiger partial charge in [0, 0.05) is 19.0 Å². The number of aromatic nitrogens is 1. The molecule has 5 heteroatoms. The Bertz CT molecular complexity index is 526. The van der Waals surface area contributed by atoms with Crippen LogP contribution in [-0.2, 0) is 4.79 Å². The van der Waals surface area contributed by atoms with Crippen LogP contribution in [0.1, 0.15) is 41.7 Å². The molecule has 0 atom stereocenters. The Labute approximate surface area is 110 Å². The number of hydrogen-bond acceptors (Lipinski definition) is 4. The smallest absolute Gasteiger partial charge is 0.335 e. The summed E-state index contributed by atoms with van der Waals surface area (Å²) in [5.41, 5.74) is -0.361. The van der Waals surface area contributed by atoms with E-state index in [9.17, 15) is 14.7 Å². The first-order valence-corrected chi connectivity index (χ1v) is 6.11. The summed E-state index contributed by atoms with van der Waals surface area (Å²) >= 11 is 0. The standard InChI is InChI=1S/C14H15NO4/c16-12-2-6-14(19,7-3-12)5-1-11-9-10(13(17)18)4-8-15-11/h1,4-5,8-9,19H,2-3,6-7H2,(H,17,18)/b5-1+. The number of pyridine rings is 1. The molecule has 1 aromatic rings. The van der Waals surface area contributed by atoms with Crippen LogP contribution in [-0.4, -0.2) is 32.6 Å². The monoisotopic (exact) mass is 261 g/mol. The van der Waals surface area contributed by atoms with Gasteiger partial charge in [0.05, 0.1) is 16.9 Å². The summed E-state index contributed by atoms with van der Waals surface area (Å²) in [6.07, 6.45) is 6.18. The van der Waals surface area contributed by atoms with Gasteiger partial charge >= 0.3 is 5.97 Å². The number of aromatic carboxylic acids is 1. The van der Waals surface area contributed by atoms with Crippen molar-refractivity contribution in [1.29, 1.82) is 0 Å². The van der Waals surface area contributed by atoms with Crippen LogP contribution in [0.5, 0.6) is 0 Å². The topological polar surface area (TPSA) is 87.5 Å². The summed E-state index contributed by atoms with van der Waals surface area (Å²) in [4.78, 5) is 26.0. The maximum absolute atomic E-state index is 11.1. The van der Waals surface area contributed by atoms with Gasteiger partial charge in [-0.25, -0.2) is 4.79 Å². The molecule has 0 unspecified atom stereocenters. The Hall–Kier alpha value is -2.01. The van der Waals surface area contributed by atoms with Crippen LogP contribution >= 0.6 is 0 Å². The second-order valence-electron chi connectivity index (χ2n) is 4.75. The number of aliphatic hydroxyl groups is 1. The lowest BCUT2D eigenvalue weighted by molar-refractivity contribution is -0.123. The van der Waals surface area contributed by atoms with E-state index < -0.39 is 11.6 Å². The normalized spacial score (nSPS) is 18.7. The van der Waals surface area contributed by atoms with E-state index in [1.165, 1.54) is 18.3 Å². The molecule has 1 aliphatic carbocycles. The molecule has 1 heterocycles. The highest BCUT2D eigenvalue weighted by molar-refractivity contribution is 5.88. The maximum atomic E-state index is 11.1. The Balaban J connectivity index is 2.12. The van der Waals surface area contributed by atoms with Crippen molar-refractivity contribution in [2.24, 2.45) is 0 Å². The van der Waals surface area contributed by atoms with E-state index in [4.69, 9.17) is 5.11 Å². The van der Waals surface area contributed by atoms with Crippen molar-refractivity contribution in [3.8, 4) is 0 Å². The zero-order chi connectivity index (χ0) is 13.9. The molecule has 0 radical (unpaired) electrons. The van der Waals surface area contributed by atoms with E-state index in [-0.39, 0.29) is 11.3 Å². The molecule has 0 aromatic carbocycles. The number of rotatable bonds is 3. The minimum Gasteiger partial charge on any atom is -0.478 e. The summed E-state index contributed by atoms with van der Waals surface area (Å²) in [7, 11) is 0. The van der Waals surface area contributed by atoms with Crippen molar-refractivity contribution in [2.75, 3.05) is 0 Å². The molecule has 0 amide bonds. The predicted octanol–water partition coefficient (Wildman–Crippen LogP) is 1.67. The molecule has 5 nitrogen and oxygen atoms in total. The van der Waals surface area contributed by atoms with Gasteiger partial charge in [-0.3, -0.25) is 9.78 Å². The number of Topliss-reactive ketones (excluding diaryl/α,β-unsaturated/α-hetero) is 1. The minimum absolute atomic E-state index is 0.153. The summed E-state index contributed by atoms with van der Waals surface area (Å²) < 4.78 is 0. The third-order valence-corrected chi connectivity index (χ3v) is 3.27. The molecule has 1 aromatic heterocycles. The van der Waals surface area contributed by atoms with E-state index in [1.807, 2.05) is 0 Å². The Morgan fingerprint density at radius 2 is 2.05 bits per heavy atom. The molecule has 19 heavy (non-hydrogen) atoms. The molecule has 2 N–H and O–H groups in total. The minimum atomic E-state index is -1.01. The van der Waals surface area contributed by atoms with Crippen molar-refractivity contribution in [2.45, 2.75) is 31.3 Å². The fraction of sp³-hybridized carbons (Fsp3) is 0.357. The van der Waals surface area contributed by atoms with Gasteiger partial charge < -0.3 is 10.2 Å². The van der Waals surface area contributed by atoms with Crippen molar-refractivity contribution < 1.29 is 19.8 Å². The summed E-state index contributed by atoms with van der Waals surface area (Å²) in [5.74, 6) is -0.844. The van der Waals surface area contributed by atoms with E-state index in [1.54, 1.807) is 12.2 Å². The quantitative estimate of drug-likeness (QED) is 0.864. The third-order valence-electron chi connectivity index (χ3n) is 3.27. The highest BCUT2D eigenvalue weighted by atomic mass is 16.4. The van der Waals surface area contributed by atoms with Gasteiger partial charge in [-0.1, -0.05) is 6.08 Å². The average molecular weight is 261 g/mol. The SMILES string of the molecule is O=C1CCC(O)(/C=C/c2cc(C(=O)O)ccn2)CC1. The zero-order valence-electron chi connectivity index (χ0n) is 10.4. The molecule has 1 fully saturated rings. The van der Waals surface area contributed by atoms with Crippen LogP contribution in [0, 0.1) is 0 Å². The zero-order valence-corrected chi connectivity index (χ0v) is 10.4. The molecule has 0 aliphatic heterocycles. The molecular weight excluding hydrogens is 246 g/mol. The Kier molecular flexibility index (Phi) is 3.76. The Morgan fingerprint density at radius 3 is 2.68 bits per heavy atom. The van der Waals surface area contributed by atoms with Gasteiger partial charge in [0.2, 0.25) is 0 Å². The van der Waals surface area contributed by atoms with Gasteiger partial charge in [0.15, 0.2) is 0 Å². The van der Waals surface area contributed by atoms with Crippen LogP contribution in [0.25, 0.3) is 6.08 Å². The predicted molar refractivity (Wildman–Crippen MR) is 68.7 cm³/mol. The first-order valence-electron chi connectivity index (χ1n) is 6.11. The summed E-state index contributed by atoms with van der Waals surface area (Å²) in [5, 5.41) is 19.1. The lowest BCUT2D eigenvalue weighted by Crippen LogP contribution is -2.31. The third kappa shape index (κ3) is 3.48. The maximum Gasteiger partial charge on any atom is 0.335 e. The lowest BCUT2D eigenvalue weighted by Gasteiger charge is -2.28. The van der Waals surface area contributed by atoms with Crippen LogP contribution in [0.4, 0.5) is 0 Å². The first-order chi connectivity index (χ1) is 8.98. The van der Waals surface area contributed by atoms with Gasteiger partial charge in [-0.2, -0.15) is 0 Å². The van der Waals surface area contributed by atoms with E-state index in [0.717, 1.165) is 0 Å². The number of ketones is 1. The van der Waals surface area contributed by atoms with Crippen LogP contribution in [0.2, 0.25) is 0 Å². The fourth-order valence-electron chi connectivity index (χ4n) is 2.04. The van der Waals surface area contributed by atoms with Crippen LogP contribution < -0.4 is 0 Å². The van der Waals surface area contributed by atoms with Gasteiger partial charge in [0.1, 0.15) is 5.78 Å². The van der Waals surface area contributed by atoms with Crippen molar-refractivity contribution >= 4 is 17.8 Å².